The highest BCUT2D eigenvalue weighted by Crippen LogP contribution is 2.05. The third-order valence-corrected chi connectivity index (χ3v) is 2.38. The van der Waals surface area contributed by atoms with Crippen molar-refractivity contribution in [1.29, 1.82) is 0 Å². The summed E-state index contributed by atoms with van der Waals surface area (Å²) in [5.74, 6) is 1.89. The number of nitrogens with one attached hydrogen (secondary N) is 1. The van der Waals surface area contributed by atoms with E-state index in [4.69, 9.17) is 0 Å². The van der Waals surface area contributed by atoms with Crippen LogP contribution in [0.15, 0.2) is 24.8 Å². The van der Waals surface area contributed by atoms with Gasteiger partial charge in [0.25, 0.3) is 0 Å². The Labute approximate surface area is 88.8 Å². The van der Waals surface area contributed by atoms with E-state index in [1.54, 1.807) is 12.4 Å². The predicted octanol–water partition coefficient (Wildman–Crippen LogP) is 1.25. The van der Waals surface area contributed by atoms with Gasteiger partial charge in [-0.1, -0.05) is 0 Å². The van der Waals surface area contributed by atoms with Gasteiger partial charge >= 0.3 is 0 Å². The number of aromatic nitrogens is 4. The zero-order valence-electron chi connectivity index (χ0n) is 9.01. The van der Waals surface area contributed by atoms with Gasteiger partial charge in [0.15, 0.2) is 0 Å². The molecule has 15 heavy (non-hydrogen) atoms. The lowest BCUT2D eigenvalue weighted by Gasteiger charge is -2.07. The van der Waals surface area contributed by atoms with Crippen molar-refractivity contribution in [3.63, 3.8) is 0 Å². The van der Waals surface area contributed by atoms with E-state index in [9.17, 15) is 0 Å². The van der Waals surface area contributed by atoms with E-state index in [1.165, 1.54) is 0 Å². The van der Waals surface area contributed by atoms with E-state index >= 15 is 0 Å². The number of hydrogen-bond donors (Lipinski definition) is 1. The van der Waals surface area contributed by atoms with Crippen LogP contribution in [0.3, 0.4) is 0 Å². The van der Waals surface area contributed by atoms with Gasteiger partial charge in [0.2, 0.25) is 5.95 Å². The fourth-order valence-corrected chi connectivity index (χ4v) is 1.46. The second kappa shape index (κ2) is 4.16. The SMILES string of the molecule is CCn1ccnc1NCc1nccn1C. The molecule has 0 fully saturated rings. The lowest BCUT2D eigenvalue weighted by Crippen LogP contribution is -2.09. The zero-order chi connectivity index (χ0) is 10.7. The lowest BCUT2D eigenvalue weighted by molar-refractivity contribution is 0.750. The van der Waals surface area contributed by atoms with Gasteiger partial charge in [-0.3, -0.25) is 0 Å². The van der Waals surface area contributed by atoms with Gasteiger partial charge in [-0.25, -0.2) is 9.97 Å². The summed E-state index contributed by atoms with van der Waals surface area (Å²) in [5, 5.41) is 3.26. The number of anilines is 1. The van der Waals surface area contributed by atoms with Crippen LogP contribution in [0, 0.1) is 0 Å². The Morgan fingerprint density at radius 1 is 1.27 bits per heavy atom. The molecular formula is C10H15N5. The van der Waals surface area contributed by atoms with Gasteiger partial charge in [-0.15, -0.1) is 0 Å². The second-order valence-electron chi connectivity index (χ2n) is 3.34. The number of nitrogens with zero attached hydrogens (tertiary/aromatic N) is 4. The number of hydrogen-bond acceptors (Lipinski definition) is 3. The third-order valence-electron chi connectivity index (χ3n) is 2.38. The molecule has 0 bridgehead atoms. The van der Waals surface area contributed by atoms with Crippen LogP contribution in [0.4, 0.5) is 5.95 Å². The molecule has 0 radical (unpaired) electrons. The summed E-state index contributed by atoms with van der Waals surface area (Å²) in [7, 11) is 1.98. The maximum Gasteiger partial charge on any atom is 0.203 e. The number of rotatable bonds is 4. The molecule has 0 aromatic carbocycles. The van der Waals surface area contributed by atoms with Crippen LogP contribution in [0.5, 0.6) is 0 Å². The molecule has 0 amide bonds. The van der Waals surface area contributed by atoms with E-state index in [0.717, 1.165) is 18.3 Å². The second-order valence-corrected chi connectivity index (χ2v) is 3.34. The molecule has 0 spiro atoms. The smallest absolute Gasteiger partial charge is 0.203 e. The first-order valence-corrected chi connectivity index (χ1v) is 5.02. The largest absolute Gasteiger partial charge is 0.348 e. The summed E-state index contributed by atoms with van der Waals surface area (Å²) >= 11 is 0. The first-order valence-electron chi connectivity index (χ1n) is 5.02. The molecule has 2 heterocycles. The van der Waals surface area contributed by atoms with Crippen molar-refractivity contribution in [1.82, 2.24) is 19.1 Å². The average molecular weight is 205 g/mol. The molecule has 0 saturated carbocycles. The third kappa shape index (κ3) is 2.01. The average Bonchev–Trinajstić information content (AvgIpc) is 2.83. The summed E-state index contributed by atoms with van der Waals surface area (Å²) in [6, 6.07) is 0. The summed E-state index contributed by atoms with van der Waals surface area (Å²) < 4.78 is 4.05. The molecule has 0 aliphatic rings. The molecule has 80 valence electrons. The van der Waals surface area contributed by atoms with Crippen molar-refractivity contribution in [3.8, 4) is 0 Å². The maximum absolute atomic E-state index is 4.23. The van der Waals surface area contributed by atoms with E-state index in [1.807, 2.05) is 24.0 Å². The van der Waals surface area contributed by atoms with Crippen LogP contribution in [0.1, 0.15) is 12.7 Å². The quantitative estimate of drug-likeness (QED) is 0.817. The van der Waals surface area contributed by atoms with Crippen molar-refractivity contribution < 1.29 is 0 Å². The first kappa shape index (κ1) is 9.76. The highest BCUT2D eigenvalue weighted by Gasteiger charge is 2.02. The molecule has 0 saturated heterocycles. The van der Waals surface area contributed by atoms with Crippen molar-refractivity contribution in [3.05, 3.63) is 30.6 Å². The molecule has 2 aromatic heterocycles. The highest BCUT2D eigenvalue weighted by atomic mass is 15.2. The Morgan fingerprint density at radius 2 is 2.07 bits per heavy atom. The van der Waals surface area contributed by atoms with Crippen LogP contribution in [0.2, 0.25) is 0 Å². The monoisotopic (exact) mass is 205 g/mol. The summed E-state index contributed by atoms with van der Waals surface area (Å²) in [4.78, 5) is 8.47. The van der Waals surface area contributed by atoms with E-state index in [2.05, 4.69) is 26.8 Å². The van der Waals surface area contributed by atoms with Gasteiger partial charge in [0.05, 0.1) is 6.54 Å². The minimum absolute atomic E-state index is 0.695. The van der Waals surface area contributed by atoms with Gasteiger partial charge in [-0.05, 0) is 6.92 Å². The minimum Gasteiger partial charge on any atom is -0.348 e. The van der Waals surface area contributed by atoms with E-state index in [-0.39, 0.29) is 0 Å². The zero-order valence-corrected chi connectivity index (χ0v) is 9.01. The lowest BCUT2D eigenvalue weighted by atomic mass is 10.6. The molecule has 5 nitrogen and oxygen atoms in total. The highest BCUT2D eigenvalue weighted by molar-refractivity contribution is 5.26. The van der Waals surface area contributed by atoms with Gasteiger partial charge in [-0.2, -0.15) is 0 Å². The Morgan fingerprint density at radius 3 is 2.73 bits per heavy atom. The Kier molecular flexibility index (Phi) is 2.71. The molecule has 2 rings (SSSR count). The molecule has 0 atom stereocenters. The minimum atomic E-state index is 0.695. The van der Waals surface area contributed by atoms with Crippen LogP contribution < -0.4 is 5.32 Å². The molecule has 1 N–H and O–H groups in total. The van der Waals surface area contributed by atoms with Crippen LogP contribution in [-0.2, 0) is 20.1 Å². The molecule has 0 aliphatic heterocycles. The topological polar surface area (TPSA) is 47.7 Å². The predicted molar refractivity (Wildman–Crippen MR) is 58.4 cm³/mol. The normalized spacial score (nSPS) is 10.5. The number of imidazole rings is 2. The van der Waals surface area contributed by atoms with E-state index < -0.39 is 0 Å². The standard InChI is InChI=1S/C10H15N5/c1-3-15-7-5-12-10(15)13-8-9-11-4-6-14(9)2/h4-7H,3,8H2,1-2H3,(H,12,13). The van der Waals surface area contributed by atoms with Gasteiger partial charge in [0.1, 0.15) is 5.82 Å². The summed E-state index contributed by atoms with van der Waals surface area (Å²) in [6.07, 6.45) is 7.48. The number of aryl methyl sites for hydroxylation is 2. The Hall–Kier alpha value is -1.78. The summed E-state index contributed by atoms with van der Waals surface area (Å²) in [5.41, 5.74) is 0. The van der Waals surface area contributed by atoms with Gasteiger partial charge < -0.3 is 14.5 Å². The first-order chi connectivity index (χ1) is 7.31. The molecule has 0 aliphatic carbocycles. The molecule has 0 unspecified atom stereocenters. The van der Waals surface area contributed by atoms with Crippen molar-refractivity contribution in [2.75, 3.05) is 5.32 Å². The molecule has 2 aromatic rings. The maximum atomic E-state index is 4.23. The van der Waals surface area contributed by atoms with Crippen molar-refractivity contribution in [2.24, 2.45) is 7.05 Å². The Balaban J connectivity index is 2.02. The summed E-state index contributed by atoms with van der Waals surface area (Å²) in [6.45, 7) is 3.71. The fraction of sp³-hybridized carbons (Fsp3) is 0.400. The van der Waals surface area contributed by atoms with Crippen molar-refractivity contribution >= 4 is 5.95 Å². The van der Waals surface area contributed by atoms with Crippen LogP contribution in [-0.4, -0.2) is 19.1 Å². The van der Waals surface area contributed by atoms with Gasteiger partial charge in [0, 0.05) is 38.4 Å². The fourth-order valence-electron chi connectivity index (χ4n) is 1.46. The Bertz CT molecular complexity index is 428. The van der Waals surface area contributed by atoms with E-state index in [0.29, 0.717) is 6.54 Å². The molecular weight excluding hydrogens is 190 g/mol. The van der Waals surface area contributed by atoms with Crippen LogP contribution in [0.25, 0.3) is 0 Å². The van der Waals surface area contributed by atoms with Crippen LogP contribution >= 0.6 is 0 Å². The molecule has 5 heteroatoms. The van der Waals surface area contributed by atoms with Crippen molar-refractivity contribution in [2.45, 2.75) is 20.0 Å².